The van der Waals surface area contributed by atoms with Gasteiger partial charge in [-0.3, -0.25) is 14.3 Å². The largest absolute Gasteiger partial charge is 0.467 e. The van der Waals surface area contributed by atoms with Crippen LogP contribution in [0.4, 0.5) is 5.69 Å². The molecule has 3 aromatic heterocycles. The van der Waals surface area contributed by atoms with Gasteiger partial charge >= 0.3 is 0 Å². The number of nitrogens with zero attached hydrogens (tertiary/aromatic N) is 3. The second kappa shape index (κ2) is 8.63. The summed E-state index contributed by atoms with van der Waals surface area (Å²) in [5, 5.41) is 10.3. The van der Waals surface area contributed by atoms with E-state index in [2.05, 4.69) is 20.1 Å². The molecule has 142 valence electrons. The van der Waals surface area contributed by atoms with Crippen LogP contribution in [-0.4, -0.2) is 38.5 Å². The summed E-state index contributed by atoms with van der Waals surface area (Å²) < 4.78 is 11.8. The molecule has 2 amide bonds. The summed E-state index contributed by atoms with van der Waals surface area (Å²) in [5.41, 5.74) is 1.12. The second-order valence-corrected chi connectivity index (χ2v) is 7.95. The molecule has 3 aromatic rings. The number of carbonyl (C=O) groups is 2. The van der Waals surface area contributed by atoms with Crippen LogP contribution < -0.4 is 10.6 Å². The van der Waals surface area contributed by atoms with Crippen molar-refractivity contribution in [2.75, 3.05) is 17.8 Å². The lowest BCUT2D eigenvalue weighted by molar-refractivity contribution is 0.0939. The van der Waals surface area contributed by atoms with Crippen LogP contribution in [0.15, 0.2) is 38.2 Å². The molecule has 2 N–H and O–H groups in total. The normalized spacial score (nSPS) is 10.8. The van der Waals surface area contributed by atoms with E-state index in [1.807, 2.05) is 12.5 Å². The molecular weight excluding hydrogens is 406 g/mol. The predicted octanol–water partition coefficient (Wildman–Crippen LogP) is 3.10. The quantitative estimate of drug-likeness (QED) is 0.563. The number of carbonyl (C=O) groups excluding carboxylic acids is 2. The minimum Gasteiger partial charge on any atom is -0.467 e. The molecule has 0 aliphatic rings. The van der Waals surface area contributed by atoms with Gasteiger partial charge in [-0.05, 0) is 36.2 Å². The Labute approximate surface area is 168 Å². The monoisotopic (exact) mass is 423 g/mol. The highest BCUT2D eigenvalue weighted by molar-refractivity contribution is 8.01. The highest BCUT2D eigenvalue weighted by Gasteiger charge is 2.24. The molecule has 0 saturated carbocycles. The van der Waals surface area contributed by atoms with Gasteiger partial charge < -0.3 is 15.1 Å². The summed E-state index contributed by atoms with van der Waals surface area (Å²) in [6.45, 7) is 0.242. The van der Waals surface area contributed by atoms with E-state index in [-0.39, 0.29) is 24.1 Å². The first kappa shape index (κ1) is 19.5. The summed E-state index contributed by atoms with van der Waals surface area (Å²) >= 11 is 4.15. The smallest absolute Gasteiger partial charge is 0.272 e. The van der Waals surface area contributed by atoms with E-state index in [0.717, 1.165) is 4.21 Å². The van der Waals surface area contributed by atoms with Gasteiger partial charge in [0.05, 0.1) is 34.5 Å². The number of rotatable bonds is 7. The average molecular weight is 424 g/mol. The first-order valence-electron chi connectivity index (χ1n) is 7.76. The number of aromatic nitrogens is 3. The van der Waals surface area contributed by atoms with E-state index in [1.54, 1.807) is 25.4 Å². The zero-order chi connectivity index (χ0) is 19.4. The van der Waals surface area contributed by atoms with E-state index in [4.69, 9.17) is 4.42 Å². The number of aryl methyl sites for hydroxylation is 1. The van der Waals surface area contributed by atoms with Crippen molar-refractivity contribution < 1.29 is 14.0 Å². The maximum absolute atomic E-state index is 12.8. The fourth-order valence-corrected chi connectivity index (χ4v) is 4.66. The Hall–Kier alpha value is -2.24. The molecule has 0 aliphatic heterocycles. The van der Waals surface area contributed by atoms with Gasteiger partial charge in [-0.15, -0.1) is 23.5 Å². The number of nitrogens with one attached hydrogen (secondary N) is 2. The minimum absolute atomic E-state index is 0.242. The molecule has 0 atom stereocenters. The van der Waals surface area contributed by atoms with Crippen molar-refractivity contribution in [1.82, 2.24) is 19.5 Å². The molecule has 27 heavy (non-hydrogen) atoms. The third-order valence-corrected chi connectivity index (χ3v) is 6.38. The zero-order valence-electron chi connectivity index (χ0n) is 14.8. The number of hydrogen-bond acceptors (Lipinski definition) is 8. The molecule has 3 rings (SSSR count). The van der Waals surface area contributed by atoms with Crippen LogP contribution in [0.25, 0.3) is 0 Å². The van der Waals surface area contributed by atoms with Gasteiger partial charge in [-0.2, -0.15) is 9.47 Å². The second-order valence-electron chi connectivity index (χ2n) is 5.31. The first-order chi connectivity index (χ1) is 13.0. The van der Waals surface area contributed by atoms with Crippen molar-refractivity contribution in [2.45, 2.75) is 15.8 Å². The molecule has 0 bridgehead atoms. The van der Waals surface area contributed by atoms with E-state index < -0.39 is 0 Å². The van der Waals surface area contributed by atoms with Gasteiger partial charge in [0.15, 0.2) is 0 Å². The zero-order valence-corrected chi connectivity index (χ0v) is 17.3. The average Bonchev–Trinajstić information content (AvgIpc) is 3.39. The number of thioether (sulfide) groups is 2. The molecule has 0 fully saturated rings. The SMILES string of the molecule is CSc1nsc(SC)c1C(=O)Nc1cnn(C)c1C(=O)NCc1ccco1. The lowest BCUT2D eigenvalue weighted by atomic mass is 10.3. The molecule has 8 nitrogen and oxygen atoms in total. The Morgan fingerprint density at radius 1 is 1.30 bits per heavy atom. The van der Waals surface area contributed by atoms with Gasteiger partial charge in [0, 0.05) is 7.05 Å². The van der Waals surface area contributed by atoms with Crippen molar-refractivity contribution >= 4 is 52.6 Å². The number of anilines is 1. The van der Waals surface area contributed by atoms with Crippen molar-refractivity contribution in [1.29, 1.82) is 0 Å². The van der Waals surface area contributed by atoms with Crippen LogP contribution >= 0.6 is 35.1 Å². The number of hydrogen-bond donors (Lipinski definition) is 2. The third kappa shape index (κ3) is 4.20. The molecule has 11 heteroatoms. The summed E-state index contributed by atoms with van der Waals surface area (Å²) in [7, 11) is 1.64. The van der Waals surface area contributed by atoms with E-state index >= 15 is 0 Å². The Kier molecular flexibility index (Phi) is 6.24. The fraction of sp³-hybridized carbons (Fsp3) is 0.250. The molecule has 0 spiro atoms. The molecule has 0 aromatic carbocycles. The van der Waals surface area contributed by atoms with Crippen LogP contribution in [0.1, 0.15) is 26.6 Å². The van der Waals surface area contributed by atoms with Crippen molar-refractivity contribution in [3.63, 3.8) is 0 Å². The van der Waals surface area contributed by atoms with Crippen LogP contribution in [0.5, 0.6) is 0 Å². The Balaban J connectivity index is 1.79. The standard InChI is InChI=1S/C16H17N5O3S3/c1-21-12(14(23)17-7-9-5-4-6-24-9)10(8-18-21)19-13(22)11-15(25-2)20-27-16(11)26-3/h4-6,8H,7H2,1-3H3,(H,17,23)(H,19,22). The fourth-order valence-electron chi connectivity index (χ4n) is 2.38. The topological polar surface area (TPSA) is 102 Å². The number of amides is 2. The summed E-state index contributed by atoms with van der Waals surface area (Å²) in [6, 6.07) is 3.52. The Morgan fingerprint density at radius 3 is 2.78 bits per heavy atom. The van der Waals surface area contributed by atoms with Crippen molar-refractivity contribution in [3.05, 3.63) is 41.6 Å². The van der Waals surface area contributed by atoms with Crippen LogP contribution in [0.2, 0.25) is 0 Å². The highest BCUT2D eigenvalue weighted by atomic mass is 32.2. The molecule has 3 heterocycles. The maximum atomic E-state index is 12.8. The Bertz CT molecular complexity index is 927. The van der Waals surface area contributed by atoms with Gasteiger partial charge in [-0.1, -0.05) is 0 Å². The van der Waals surface area contributed by atoms with Crippen LogP contribution in [-0.2, 0) is 13.6 Å². The van der Waals surface area contributed by atoms with Crippen LogP contribution in [0.3, 0.4) is 0 Å². The van der Waals surface area contributed by atoms with E-state index in [9.17, 15) is 9.59 Å². The van der Waals surface area contributed by atoms with Gasteiger partial charge in [0.25, 0.3) is 11.8 Å². The van der Waals surface area contributed by atoms with Gasteiger partial charge in [0.1, 0.15) is 16.5 Å². The molecule has 0 aliphatic carbocycles. The van der Waals surface area contributed by atoms with E-state index in [1.165, 1.54) is 45.9 Å². The first-order valence-corrected chi connectivity index (χ1v) is 11.0. The minimum atomic E-state index is -0.361. The van der Waals surface area contributed by atoms with Crippen molar-refractivity contribution in [3.8, 4) is 0 Å². The molecule has 0 saturated heterocycles. The van der Waals surface area contributed by atoms with Gasteiger partial charge in [-0.25, -0.2) is 0 Å². The lowest BCUT2D eigenvalue weighted by Crippen LogP contribution is -2.26. The third-order valence-electron chi connectivity index (χ3n) is 3.64. The molecule has 0 unspecified atom stereocenters. The predicted molar refractivity (Wildman–Crippen MR) is 107 cm³/mol. The van der Waals surface area contributed by atoms with Gasteiger partial charge in [0.2, 0.25) is 0 Å². The van der Waals surface area contributed by atoms with E-state index in [0.29, 0.717) is 22.0 Å². The molecule has 0 radical (unpaired) electrons. The summed E-state index contributed by atoms with van der Waals surface area (Å²) in [4.78, 5) is 25.4. The van der Waals surface area contributed by atoms with Crippen LogP contribution in [0, 0.1) is 0 Å². The maximum Gasteiger partial charge on any atom is 0.272 e. The summed E-state index contributed by atoms with van der Waals surface area (Å²) in [6.07, 6.45) is 6.76. The number of furan rings is 1. The highest BCUT2D eigenvalue weighted by Crippen LogP contribution is 2.33. The summed E-state index contributed by atoms with van der Waals surface area (Å²) in [5.74, 6) is -0.0412. The Morgan fingerprint density at radius 2 is 2.11 bits per heavy atom. The van der Waals surface area contributed by atoms with Crippen molar-refractivity contribution in [2.24, 2.45) is 7.05 Å². The lowest BCUT2D eigenvalue weighted by Gasteiger charge is -2.09. The molecular formula is C16H17N5O3S3.